The summed E-state index contributed by atoms with van der Waals surface area (Å²) in [6, 6.07) is 9.08. The third kappa shape index (κ3) is 4.09. The van der Waals surface area contributed by atoms with E-state index >= 15 is 0 Å². The molecular weight excluding hydrogens is 424 g/mol. The van der Waals surface area contributed by atoms with Crippen molar-refractivity contribution in [3.63, 3.8) is 0 Å². The van der Waals surface area contributed by atoms with Crippen molar-refractivity contribution in [1.29, 1.82) is 0 Å². The van der Waals surface area contributed by atoms with Gasteiger partial charge in [-0.3, -0.25) is 9.20 Å². The molecule has 1 aliphatic rings. The molecule has 1 aliphatic heterocycles. The summed E-state index contributed by atoms with van der Waals surface area (Å²) < 4.78 is 2.00. The Kier molecular flexibility index (Phi) is 5.90. The molecule has 178 valence electrons. The molecule has 1 N–H and O–H groups in total. The lowest BCUT2D eigenvalue weighted by molar-refractivity contribution is -0.132. The molecule has 0 saturated carbocycles. The van der Waals surface area contributed by atoms with Gasteiger partial charge in [0.15, 0.2) is 5.65 Å². The van der Waals surface area contributed by atoms with Crippen LogP contribution in [0, 0.1) is 6.92 Å². The van der Waals surface area contributed by atoms with Crippen LogP contribution >= 0.6 is 0 Å². The Morgan fingerprint density at radius 2 is 1.97 bits per heavy atom. The fraction of sp³-hybridized carbons (Fsp3) is 0.444. The highest BCUT2D eigenvalue weighted by Crippen LogP contribution is 2.38. The summed E-state index contributed by atoms with van der Waals surface area (Å²) >= 11 is 0. The Morgan fingerprint density at radius 1 is 1.21 bits per heavy atom. The number of carbonyl (C=O) groups excluding carboxylic acids is 1. The monoisotopic (exact) mass is 458 g/mol. The van der Waals surface area contributed by atoms with Gasteiger partial charge in [-0.2, -0.15) is 0 Å². The van der Waals surface area contributed by atoms with Crippen molar-refractivity contribution < 1.29 is 4.79 Å². The third-order valence-electron chi connectivity index (χ3n) is 7.08. The average Bonchev–Trinajstić information content (AvgIpc) is 3.43. The molecule has 7 heteroatoms. The number of nitrogens with zero attached hydrogens (tertiary/aromatic N) is 5. The van der Waals surface area contributed by atoms with Gasteiger partial charge in [0.05, 0.1) is 12.2 Å². The lowest BCUT2D eigenvalue weighted by atomic mass is 9.87. The minimum Gasteiger partial charge on any atom is -0.354 e. The van der Waals surface area contributed by atoms with Crippen LogP contribution in [0.3, 0.4) is 0 Å². The molecule has 4 heterocycles. The molecule has 0 unspecified atom stereocenters. The first kappa shape index (κ1) is 22.6. The number of carbonyl (C=O) groups is 1. The van der Waals surface area contributed by atoms with Crippen LogP contribution in [0.2, 0.25) is 0 Å². The maximum atomic E-state index is 12.4. The van der Waals surface area contributed by atoms with Crippen molar-refractivity contribution >= 4 is 22.5 Å². The Labute approximate surface area is 200 Å². The predicted molar refractivity (Wildman–Crippen MR) is 136 cm³/mol. The third-order valence-corrected chi connectivity index (χ3v) is 7.08. The zero-order valence-electron chi connectivity index (χ0n) is 20.8. The zero-order chi connectivity index (χ0) is 24.0. The van der Waals surface area contributed by atoms with Crippen LogP contribution in [-0.4, -0.2) is 69.0 Å². The highest BCUT2D eigenvalue weighted by atomic mass is 16.2. The van der Waals surface area contributed by atoms with Crippen LogP contribution < -0.4 is 0 Å². The summed E-state index contributed by atoms with van der Waals surface area (Å²) in [7, 11) is 3.89. The van der Waals surface area contributed by atoms with Gasteiger partial charge in [-0.05, 0) is 80.6 Å². The van der Waals surface area contributed by atoms with E-state index in [1.165, 1.54) is 27.7 Å². The van der Waals surface area contributed by atoms with Crippen LogP contribution in [0.15, 0.2) is 36.8 Å². The van der Waals surface area contributed by atoms with Gasteiger partial charge >= 0.3 is 0 Å². The SMILES string of the molecule is Cc1cc(-c2[nH]c3ccc(C4CCN(C(=O)CN(C)C)CC4)cc3c2C(C)C)cn2cnnc12. The molecule has 0 spiro atoms. The van der Waals surface area contributed by atoms with Crippen molar-refractivity contribution in [3.8, 4) is 11.3 Å². The smallest absolute Gasteiger partial charge is 0.236 e. The van der Waals surface area contributed by atoms with Crippen molar-refractivity contribution in [1.82, 2.24) is 29.4 Å². The highest BCUT2D eigenvalue weighted by molar-refractivity contribution is 5.92. The number of aromatic amines is 1. The number of rotatable bonds is 5. The lowest BCUT2D eigenvalue weighted by Gasteiger charge is -2.33. The number of pyridine rings is 1. The number of benzene rings is 1. The molecule has 0 bridgehead atoms. The second kappa shape index (κ2) is 8.87. The minimum absolute atomic E-state index is 0.233. The molecule has 3 aromatic heterocycles. The summed E-state index contributed by atoms with van der Waals surface area (Å²) in [6.45, 7) is 8.77. The van der Waals surface area contributed by atoms with E-state index in [1.807, 2.05) is 28.3 Å². The molecular formula is C27H34N6O. The zero-order valence-corrected chi connectivity index (χ0v) is 20.8. The molecule has 1 fully saturated rings. The molecule has 0 aliphatic carbocycles. The van der Waals surface area contributed by atoms with Crippen molar-refractivity contribution in [2.45, 2.75) is 45.4 Å². The first-order chi connectivity index (χ1) is 16.3. The van der Waals surface area contributed by atoms with Crippen molar-refractivity contribution in [2.75, 3.05) is 33.7 Å². The molecule has 0 radical (unpaired) electrons. The number of likely N-dealkylation sites (N-methyl/N-ethyl adjacent to an activating group) is 1. The van der Waals surface area contributed by atoms with Crippen molar-refractivity contribution in [2.24, 2.45) is 0 Å². The maximum absolute atomic E-state index is 12.4. The number of hydrogen-bond acceptors (Lipinski definition) is 4. The molecule has 5 rings (SSSR count). The number of fused-ring (bicyclic) bond motifs is 2. The minimum atomic E-state index is 0.233. The second-order valence-corrected chi connectivity index (χ2v) is 10.2. The van der Waals surface area contributed by atoms with Gasteiger partial charge in [0.2, 0.25) is 5.91 Å². The molecule has 4 aromatic rings. The Hall–Kier alpha value is -3.19. The number of H-pyrrole nitrogens is 1. The number of amides is 1. The normalized spacial score (nSPS) is 15.3. The molecule has 34 heavy (non-hydrogen) atoms. The number of aryl methyl sites for hydroxylation is 1. The molecule has 1 saturated heterocycles. The van der Waals surface area contributed by atoms with Crippen LogP contribution in [-0.2, 0) is 4.79 Å². The highest BCUT2D eigenvalue weighted by Gasteiger charge is 2.25. The van der Waals surface area contributed by atoms with Crippen molar-refractivity contribution in [3.05, 3.63) is 53.5 Å². The number of likely N-dealkylation sites (tertiary alicyclic amines) is 1. The van der Waals surface area contributed by atoms with Gasteiger partial charge in [0, 0.05) is 35.8 Å². The fourth-order valence-corrected chi connectivity index (χ4v) is 5.39. The first-order valence-corrected chi connectivity index (χ1v) is 12.2. The Morgan fingerprint density at radius 3 is 2.68 bits per heavy atom. The number of nitrogens with one attached hydrogen (secondary N) is 1. The van der Waals surface area contributed by atoms with Gasteiger partial charge in [-0.15, -0.1) is 10.2 Å². The van der Waals surface area contributed by atoms with E-state index < -0.39 is 0 Å². The van der Waals surface area contributed by atoms with Gasteiger partial charge in [-0.1, -0.05) is 19.9 Å². The van der Waals surface area contributed by atoms with Crippen LogP contribution in [0.4, 0.5) is 0 Å². The van der Waals surface area contributed by atoms with E-state index in [1.54, 1.807) is 6.33 Å². The predicted octanol–water partition coefficient (Wildman–Crippen LogP) is 4.58. The number of aromatic nitrogens is 4. The number of piperidine rings is 1. The van der Waals surface area contributed by atoms with E-state index in [4.69, 9.17) is 0 Å². The lowest BCUT2D eigenvalue weighted by Crippen LogP contribution is -2.42. The molecule has 7 nitrogen and oxygen atoms in total. The summed E-state index contributed by atoms with van der Waals surface area (Å²) in [5.41, 5.74) is 8.22. The van der Waals surface area contributed by atoms with Crippen LogP contribution in [0.25, 0.3) is 27.8 Å². The van der Waals surface area contributed by atoms with Gasteiger partial charge in [0.1, 0.15) is 6.33 Å². The van der Waals surface area contributed by atoms with E-state index in [2.05, 4.69) is 66.4 Å². The van der Waals surface area contributed by atoms with Gasteiger partial charge < -0.3 is 14.8 Å². The van der Waals surface area contributed by atoms with Crippen LogP contribution in [0.1, 0.15) is 55.2 Å². The maximum Gasteiger partial charge on any atom is 0.236 e. The summed E-state index contributed by atoms with van der Waals surface area (Å²) in [5, 5.41) is 9.59. The summed E-state index contributed by atoms with van der Waals surface area (Å²) in [4.78, 5) is 20.1. The largest absolute Gasteiger partial charge is 0.354 e. The quantitative estimate of drug-likeness (QED) is 0.475. The molecule has 0 atom stereocenters. The van der Waals surface area contributed by atoms with Gasteiger partial charge in [-0.25, -0.2) is 0 Å². The number of hydrogen-bond donors (Lipinski definition) is 1. The topological polar surface area (TPSA) is 69.5 Å². The Bertz CT molecular complexity index is 1340. The molecule has 1 amide bonds. The Balaban J connectivity index is 1.47. The van der Waals surface area contributed by atoms with E-state index in [0.717, 1.165) is 42.7 Å². The average molecular weight is 459 g/mol. The molecule has 1 aromatic carbocycles. The van der Waals surface area contributed by atoms with E-state index in [0.29, 0.717) is 18.4 Å². The van der Waals surface area contributed by atoms with Gasteiger partial charge in [0.25, 0.3) is 0 Å². The van der Waals surface area contributed by atoms with Crippen LogP contribution in [0.5, 0.6) is 0 Å². The fourth-order valence-electron chi connectivity index (χ4n) is 5.39. The van der Waals surface area contributed by atoms with E-state index in [9.17, 15) is 4.79 Å². The summed E-state index contributed by atoms with van der Waals surface area (Å²) in [6.07, 6.45) is 5.91. The first-order valence-electron chi connectivity index (χ1n) is 12.2. The standard InChI is InChI=1S/C27H34N6O/c1-17(2)25-22-13-20(19-8-10-32(11-9-19)24(34)15-31(4)5)6-7-23(22)29-26(25)21-12-18(3)27-30-28-16-33(27)14-21/h6-7,12-14,16-17,19,29H,8-11,15H2,1-5H3. The second-order valence-electron chi connectivity index (χ2n) is 10.2. The van der Waals surface area contributed by atoms with E-state index in [-0.39, 0.29) is 5.91 Å². The summed E-state index contributed by atoms with van der Waals surface area (Å²) in [5.74, 6) is 1.10.